The van der Waals surface area contributed by atoms with Crippen LogP contribution in [0.2, 0.25) is 0 Å². The molecule has 0 unspecified atom stereocenters. The summed E-state index contributed by atoms with van der Waals surface area (Å²) in [6.07, 6.45) is 0. The summed E-state index contributed by atoms with van der Waals surface area (Å²) in [6.45, 7) is 0. The number of hydrogen-bond donors (Lipinski definition) is 1. The maximum atomic E-state index is 7.00. The average Bonchev–Trinajstić information content (AvgIpc) is 2.21. The fraction of sp³-hybridized carbons (Fsp3) is 0.0909. The van der Waals surface area contributed by atoms with E-state index in [1.807, 2.05) is 24.3 Å². The van der Waals surface area contributed by atoms with Crippen molar-refractivity contribution < 1.29 is 24.6 Å². The van der Waals surface area contributed by atoms with Gasteiger partial charge in [-0.3, -0.25) is 0 Å². The van der Waals surface area contributed by atoms with Crippen molar-refractivity contribution in [2.24, 2.45) is 0 Å². The normalized spacial score (nSPS) is 8.15. The van der Waals surface area contributed by atoms with Crippen molar-refractivity contribution in [2.45, 2.75) is 0 Å². The van der Waals surface area contributed by atoms with E-state index >= 15 is 0 Å². The molecule has 1 N–H and O–H groups in total. The first-order chi connectivity index (χ1) is 5.97. The molecule has 2 rings (SSSR count). The summed E-state index contributed by atoms with van der Waals surface area (Å²) in [6, 6.07) is 17.4. The second-order valence-corrected chi connectivity index (χ2v) is 2.26. The van der Waals surface area contributed by atoms with E-state index in [2.05, 4.69) is 24.3 Å². The molecule has 0 bridgehead atoms. The van der Waals surface area contributed by atoms with Gasteiger partial charge < -0.3 is 5.11 Å². The molecule has 64 valence electrons. The van der Waals surface area contributed by atoms with E-state index in [1.54, 1.807) is 0 Å². The average molecular weight is 225 g/mol. The molecule has 0 fully saturated rings. The molecular weight excluding hydrogens is 214 g/mol. The molecule has 0 heterocycles. The zero-order valence-corrected chi connectivity index (χ0v) is 10.7. The second-order valence-electron chi connectivity index (χ2n) is 2.26. The van der Waals surface area contributed by atoms with Crippen LogP contribution in [0.5, 0.6) is 0 Å². The topological polar surface area (TPSA) is 20.2 Å². The van der Waals surface area contributed by atoms with Crippen molar-refractivity contribution in [3.8, 4) is 0 Å². The number of fused-ring (bicyclic) bond motifs is 1. The van der Waals surface area contributed by atoms with Gasteiger partial charge in [-0.15, -0.1) is 47.2 Å². The third-order valence-corrected chi connectivity index (χ3v) is 1.57. The van der Waals surface area contributed by atoms with E-state index in [-0.39, 0.29) is 19.5 Å². The number of aliphatic hydroxyl groups excluding tert-OH is 1. The van der Waals surface area contributed by atoms with Gasteiger partial charge in [0.05, 0.1) is 0 Å². The minimum atomic E-state index is 0. The molecule has 0 aromatic heterocycles. The molecule has 0 aliphatic rings. The molecule has 0 saturated heterocycles. The van der Waals surface area contributed by atoms with Crippen LogP contribution in [0.15, 0.2) is 42.5 Å². The van der Waals surface area contributed by atoms with Gasteiger partial charge in [0.2, 0.25) is 0 Å². The van der Waals surface area contributed by atoms with Gasteiger partial charge in [-0.2, -0.15) is 0 Å². The van der Waals surface area contributed by atoms with E-state index in [4.69, 9.17) is 5.11 Å². The Bertz CT molecular complexity index is 281. The van der Waals surface area contributed by atoms with Gasteiger partial charge in [-0.25, -0.2) is 0 Å². The van der Waals surface area contributed by atoms with Gasteiger partial charge in [0.15, 0.2) is 0 Å². The molecule has 0 saturated carbocycles. The van der Waals surface area contributed by atoms with Crippen LogP contribution in [0.3, 0.4) is 0 Å². The van der Waals surface area contributed by atoms with E-state index in [9.17, 15) is 0 Å². The number of benzene rings is 2. The van der Waals surface area contributed by atoms with Gasteiger partial charge in [0.1, 0.15) is 0 Å². The van der Waals surface area contributed by atoms with Gasteiger partial charge in [0.25, 0.3) is 0 Å². The molecule has 13 heavy (non-hydrogen) atoms. The zero-order valence-electron chi connectivity index (χ0n) is 7.70. The minimum Gasteiger partial charge on any atom is -0.400 e. The zero-order chi connectivity index (χ0) is 8.81. The quantitative estimate of drug-likeness (QED) is 0.538. The largest absolute Gasteiger partial charge is 0.400 e. The van der Waals surface area contributed by atoms with Crippen molar-refractivity contribution >= 4 is 10.8 Å². The van der Waals surface area contributed by atoms with E-state index in [0.717, 1.165) is 7.11 Å². The van der Waals surface area contributed by atoms with Crippen molar-refractivity contribution in [3.63, 3.8) is 0 Å². The van der Waals surface area contributed by atoms with E-state index in [1.165, 1.54) is 10.8 Å². The van der Waals surface area contributed by atoms with Crippen LogP contribution in [0, 0.1) is 6.07 Å². The Hall–Kier alpha value is -0.717. The van der Waals surface area contributed by atoms with E-state index < -0.39 is 0 Å². The van der Waals surface area contributed by atoms with Crippen molar-refractivity contribution in [2.75, 3.05) is 7.11 Å². The second kappa shape index (κ2) is 6.76. The van der Waals surface area contributed by atoms with E-state index in [0.29, 0.717) is 0 Å². The summed E-state index contributed by atoms with van der Waals surface area (Å²) >= 11 is 0. The smallest absolute Gasteiger partial charge is 0.0319 e. The summed E-state index contributed by atoms with van der Waals surface area (Å²) in [5.74, 6) is 0. The number of rotatable bonds is 0. The predicted octanol–water partition coefficient (Wildman–Crippen LogP) is 2.25. The summed E-state index contributed by atoms with van der Waals surface area (Å²) in [5, 5.41) is 9.44. The van der Waals surface area contributed by atoms with Gasteiger partial charge in [-0.05, 0) is 0 Å². The third kappa shape index (κ3) is 3.26. The molecule has 0 spiro atoms. The molecule has 0 aliphatic carbocycles. The first-order valence-corrected chi connectivity index (χ1v) is 3.77. The Morgan fingerprint density at radius 1 is 1.00 bits per heavy atom. The van der Waals surface area contributed by atoms with Crippen molar-refractivity contribution in [3.05, 3.63) is 48.5 Å². The standard InChI is InChI=1S/C10H7.CH4O.Zn/c1-2-6-10-8-4-3-7-9(10)5-1;1-2;/h1-7H;2H,1H3;/q-1;;. The summed E-state index contributed by atoms with van der Waals surface area (Å²) in [5.41, 5.74) is 0. The van der Waals surface area contributed by atoms with Gasteiger partial charge in [0, 0.05) is 26.6 Å². The Kier molecular flexibility index (Phi) is 6.39. The maximum Gasteiger partial charge on any atom is 0.0319 e. The fourth-order valence-electron chi connectivity index (χ4n) is 1.06. The maximum absolute atomic E-state index is 7.00. The Balaban J connectivity index is 0.000000451. The van der Waals surface area contributed by atoms with Gasteiger partial charge in [-0.1, -0.05) is 12.1 Å². The Labute approximate surface area is 91.2 Å². The predicted molar refractivity (Wildman–Crippen MR) is 50.9 cm³/mol. The van der Waals surface area contributed by atoms with Crippen LogP contribution < -0.4 is 0 Å². The first-order valence-electron chi connectivity index (χ1n) is 3.77. The number of hydrogen-bond acceptors (Lipinski definition) is 1. The van der Waals surface area contributed by atoms with Crippen molar-refractivity contribution in [1.29, 1.82) is 0 Å². The molecule has 1 nitrogen and oxygen atoms in total. The number of aliphatic hydroxyl groups is 1. The molecule has 2 aromatic carbocycles. The van der Waals surface area contributed by atoms with Crippen LogP contribution >= 0.6 is 0 Å². The Morgan fingerprint density at radius 2 is 1.62 bits per heavy atom. The summed E-state index contributed by atoms with van der Waals surface area (Å²) in [4.78, 5) is 0. The van der Waals surface area contributed by atoms with Crippen LogP contribution in [0.25, 0.3) is 10.8 Å². The molecule has 0 radical (unpaired) electrons. The van der Waals surface area contributed by atoms with Crippen LogP contribution in [-0.2, 0) is 19.5 Å². The van der Waals surface area contributed by atoms with Crippen LogP contribution in [0.1, 0.15) is 0 Å². The van der Waals surface area contributed by atoms with Crippen LogP contribution in [-0.4, -0.2) is 12.2 Å². The first kappa shape index (κ1) is 12.3. The minimum absolute atomic E-state index is 0. The van der Waals surface area contributed by atoms with Crippen LogP contribution in [0.4, 0.5) is 0 Å². The molecule has 2 heteroatoms. The van der Waals surface area contributed by atoms with Crippen molar-refractivity contribution in [1.82, 2.24) is 0 Å². The molecule has 0 atom stereocenters. The molecular formula is C11H11OZn-. The fourth-order valence-corrected chi connectivity index (χ4v) is 1.06. The van der Waals surface area contributed by atoms with Gasteiger partial charge >= 0.3 is 0 Å². The molecule has 0 amide bonds. The monoisotopic (exact) mass is 223 g/mol. The summed E-state index contributed by atoms with van der Waals surface area (Å²) in [7, 11) is 1.00. The Morgan fingerprint density at radius 3 is 2.31 bits per heavy atom. The molecule has 2 aromatic rings. The SMILES string of the molecule is CO.[Zn].[c-]1cccc2ccccc12. The molecule has 0 aliphatic heterocycles. The summed E-state index contributed by atoms with van der Waals surface area (Å²) < 4.78 is 0. The third-order valence-electron chi connectivity index (χ3n) is 1.57.